The number of anilines is 1. The number of nitrogen functional groups attached to an aromatic ring is 1. The van der Waals surface area contributed by atoms with Crippen LogP contribution in [0.3, 0.4) is 0 Å². The highest BCUT2D eigenvalue weighted by Crippen LogP contribution is 2.35. The van der Waals surface area contributed by atoms with Crippen molar-refractivity contribution in [3.63, 3.8) is 0 Å². The lowest BCUT2D eigenvalue weighted by atomic mass is 10.1. The topological polar surface area (TPSA) is 118 Å². The van der Waals surface area contributed by atoms with Crippen LogP contribution < -0.4 is 10.5 Å². The summed E-state index contributed by atoms with van der Waals surface area (Å²) in [5.74, 6) is -0.479. The van der Waals surface area contributed by atoms with Gasteiger partial charge >= 0.3 is 18.4 Å². The van der Waals surface area contributed by atoms with Crippen LogP contribution in [0.25, 0.3) is 10.9 Å². The molecule has 1 amide bonds. The van der Waals surface area contributed by atoms with Crippen molar-refractivity contribution in [3.05, 3.63) is 53.5 Å². The molecule has 0 aliphatic rings. The second-order valence-corrected chi connectivity index (χ2v) is 11.7. The third kappa shape index (κ3) is 8.96. The molecule has 10 nitrogen and oxygen atoms in total. The molecule has 43 heavy (non-hydrogen) atoms. The molecule has 0 aliphatic carbocycles. The number of carbonyl (C=O) groups is 2. The van der Waals surface area contributed by atoms with E-state index in [9.17, 15) is 27.2 Å². The molecule has 1 aromatic heterocycles. The van der Waals surface area contributed by atoms with Crippen molar-refractivity contribution >= 4 is 28.8 Å². The Morgan fingerprint density at radius 3 is 2.21 bits per heavy atom. The molecule has 0 aliphatic heterocycles. The SMILES string of the molecule is CO[C@@H](CN(CCOc1ccc2c(C(F)(F)F)nn(C(=O)OC(C)(C)C)c2c1)C(=O)OC(C)(C)C)c1ccc(F)c(N)c1. The first-order chi connectivity index (χ1) is 19.8. The minimum atomic E-state index is -4.82. The number of amides is 1. The van der Waals surface area contributed by atoms with Crippen molar-refractivity contribution in [1.82, 2.24) is 14.7 Å². The van der Waals surface area contributed by atoms with E-state index in [-0.39, 0.29) is 42.0 Å². The summed E-state index contributed by atoms with van der Waals surface area (Å²) in [5.41, 5.74) is 2.93. The van der Waals surface area contributed by atoms with Crippen LogP contribution in [0.1, 0.15) is 58.9 Å². The van der Waals surface area contributed by atoms with Crippen LogP contribution in [0.2, 0.25) is 0 Å². The standard InChI is InChI=1S/C29H36F4N4O6/c1-27(2,3)42-25(38)36(16-23(40-7)17-8-11-20(30)21(34)14-17)12-13-41-18-9-10-19-22(15-18)37(26(39)43-28(4,5)6)35-24(19)29(31,32)33/h8-11,14-15,23H,12-13,16,34H2,1-7H3/t23-/m0/s1. The number of fused-ring (bicyclic) bond motifs is 1. The number of alkyl halides is 3. The number of methoxy groups -OCH3 is 1. The quantitative estimate of drug-likeness (QED) is 0.224. The smallest absolute Gasteiger partial charge is 0.435 e. The first kappa shape index (κ1) is 33.4. The number of hydrogen-bond acceptors (Lipinski definition) is 8. The van der Waals surface area contributed by atoms with E-state index in [1.54, 1.807) is 41.5 Å². The van der Waals surface area contributed by atoms with Crippen molar-refractivity contribution in [2.45, 2.75) is 65.0 Å². The van der Waals surface area contributed by atoms with Crippen molar-refractivity contribution in [3.8, 4) is 5.75 Å². The Morgan fingerprint density at radius 2 is 1.65 bits per heavy atom. The first-order valence-corrected chi connectivity index (χ1v) is 13.3. The number of hydrogen-bond donors (Lipinski definition) is 1. The van der Waals surface area contributed by atoms with Gasteiger partial charge in [-0.05, 0) is 71.4 Å². The van der Waals surface area contributed by atoms with E-state index >= 15 is 0 Å². The van der Waals surface area contributed by atoms with Crippen molar-refractivity contribution in [2.24, 2.45) is 0 Å². The van der Waals surface area contributed by atoms with E-state index in [4.69, 9.17) is 24.7 Å². The number of halogens is 4. The molecule has 0 bridgehead atoms. The summed E-state index contributed by atoms with van der Waals surface area (Å²) in [6.07, 6.45) is -7.29. The van der Waals surface area contributed by atoms with Crippen LogP contribution in [0.5, 0.6) is 5.75 Å². The Labute approximate surface area is 246 Å². The van der Waals surface area contributed by atoms with Gasteiger partial charge in [-0.3, -0.25) is 0 Å². The zero-order chi connectivity index (χ0) is 32.3. The molecule has 0 saturated heterocycles. The highest BCUT2D eigenvalue weighted by Gasteiger charge is 2.38. The molecule has 1 atom stereocenters. The molecule has 2 aromatic carbocycles. The molecule has 0 saturated carbocycles. The molecular weight excluding hydrogens is 576 g/mol. The fraction of sp³-hybridized carbons (Fsp3) is 0.483. The van der Waals surface area contributed by atoms with Crippen molar-refractivity contribution in [1.29, 1.82) is 0 Å². The first-order valence-electron chi connectivity index (χ1n) is 13.3. The largest absolute Gasteiger partial charge is 0.492 e. The maximum atomic E-state index is 13.7. The molecule has 14 heteroatoms. The van der Waals surface area contributed by atoms with Gasteiger partial charge in [0.15, 0.2) is 5.69 Å². The van der Waals surface area contributed by atoms with Crippen LogP contribution in [0, 0.1) is 5.82 Å². The average Bonchev–Trinajstić information content (AvgIpc) is 3.25. The van der Waals surface area contributed by atoms with Crippen LogP contribution in [0.4, 0.5) is 32.8 Å². The monoisotopic (exact) mass is 612 g/mol. The number of carbonyl (C=O) groups excluding carboxylic acids is 2. The second-order valence-electron chi connectivity index (χ2n) is 11.7. The van der Waals surface area contributed by atoms with Gasteiger partial charge in [0.1, 0.15) is 29.4 Å². The molecule has 236 valence electrons. The Kier molecular flexibility index (Phi) is 9.84. The lowest BCUT2D eigenvalue weighted by molar-refractivity contribution is -0.140. The third-order valence-corrected chi connectivity index (χ3v) is 5.83. The molecule has 0 unspecified atom stereocenters. The van der Waals surface area contributed by atoms with Crippen LogP contribution in [-0.4, -0.2) is 64.9 Å². The number of nitrogens with zero attached hydrogens (tertiary/aromatic N) is 3. The minimum Gasteiger partial charge on any atom is -0.492 e. The van der Waals surface area contributed by atoms with Crippen molar-refractivity contribution in [2.75, 3.05) is 32.5 Å². The van der Waals surface area contributed by atoms with Gasteiger partial charge in [-0.15, -0.1) is 0 Å². The van der Waals surface area contributed by atoms with Crippen LogP contribution in [0.15, 0.2) is 36.4 Å². The Morgan fingerprint density at radius 1 is 1.00 bits per heavy atom. The van der Waals surface area contributed by atoms with E-state index in [1.807, 2.05) is 0 Å². The zero-order valence-corrected chi connectivity index (χ0v) is 25.0. The van der Waals surface area contributed by atoms with E-state index in [0.29, 0.717) is 10.2 Å². The van der Waals surface area contributed by atoms with E-state index in [0.717, 1.165) is 6.07 Å². The van der Waals surface area contributed by atoms with Gasteiger partial charge in [0.05, 0.1) is 30.4 Å². The molecule has 0 spiro atoms. The molecule has 0 fully saturated rings. The number of nitrogens with two attached hydrogens (primary N) is 1. The molecule has 0 radical (unpaired) electrons. The third-order valence-electron chi connectivity index (χ3n) is 5.83. The van der Waals surface area contributed by atoms with Gasteiger partial charge in [0, 0.05) is 18.6 Å². The zero-order valence-electron chi connectivity index (χ0n) is 25.0. The lowest BCUT2D eigenvalue weighted by Gasteiger charge is -2.30. The van der Waals surface area contributed by atoms with Gasteiger partial charge in [-0.25, -0.2) is 14.0 Å². The Balaban J connectivity index is 1.86. The highest BCUT2D eigenvalue weighted by atomic mass is 19.4. The second kappa shape index (κ2) is 12.7. The molecular formula is C29H36F4N4O6. The average molecular weight is 613 g/mol. The summed E-state index contributed by atoms with van der Waals surface area (Å²) < 4.78 is 77.3. The summed E-state index contributed by atoms with van der Waals surface area (Å²) in [6.45, 7) is 9.67. The lowest BCUT2D eigenvalue weighted by Crippen LogP contribution is -2.41. The van der Waals surface area contributed by atoms with E-state index < -0.39 is 47.2 Å². The van der Waals surface area contributed by atoms with Gasteiger partial charge in [0.2, 0.25) is 0 Å². The van der Waals surface area contributed by atoms with Gasteiger partial charge in [-0.1, -0.05) is 6.07 Å². The summed E-state index contributed by atoms with van der Waals surface area (Å²) in [6, 6.07) is 7.77. The predicted octanol–water partition coefficient (Wildman–Crippen LogP) is 6.56. The summed E-state index contributed by atoms with van der Waals surface area (Å²) in [5, 5.41) is 3.16. The summed E-state index contributed by atoms with van der Waals surface area (Å²) in [4.78, 5) is 27.0. The van der Waals surface area contributed by atoms with E-state index in [2.05, 4.69) is 5.10 Å². The maximum absolute atomic E-state index is 13.7. The predicted molar refractivity (Wildman–Crippen MR) is 150 cm³/mol. The number of ether oxygens (including phenoxy) is 4. The molecule has 3 rings (SSSR count). The Bertz CT molecular complexity index is 1460. The van der Waals surface area contributed by atoms with Crippen LogP contribution in [-0.2, 0) is 20.4 Å². The van der Waals surface area contributed by atoms with E-state index in [1.165, 1.54) is 42.3 Å². The summed E-state index contributed by atoms with van der Waals surface area (Å²) in [7, 11) is 1.42. The fourth-order valence-electron chi connectivity index (χ4n) is 3.97. The van der Waals surface area contributed by atoms with Gasteiger partial charge in [-0.2, -0.15) is 23.0 Å². The Hall–Kier alpha value is -4.07. The fourth-order valence-corrected chi connectivity index (χ4v) is 3.97. The molecule has 3 aromatic rings. The molecule has 2 N–H and O–H groups in total. The summed E-state index contributed by atoms with van der Waals surface area (Å²) >= 11 is 0. The number of aromatic nitrogens is 2. The molecule has 1 heterocycles. The minimum absolute atomic E-state index is 0.0146. The number of benzene rings is 2. The number of rotatable bonds is 8. The maximum Gasteiger partial charge on any atom is 0.435 e. The van der Waals surface area contributed by atoms with Gasteiger partial charge in [0.25, 0.3) is 0 Å². The van der Waals surface area contributed by atoms with Crippen molar-refractivity contribution < 1.29 is 46.1 Å². The van der Waals surface area contributed by atoms with Gasteiger partial charge < -0.3 is 29.6 Å². The normalized spacial score (nSPS) is 13.1. The van der Waals surface area contributed by atoms with Crippen LogP contribution >= 0.6 is 0 Å². The highest BCUT2D eigenvalue weighted by molar-refractivity contribution is 5.91.